The Labute approximate surface area is 113 Å². The minimum absolute atomic E-state index is 0.182. The van der Waals surface area contributed by atoms with Crippen molar-refractivity contribution in [2.45, 2.75) is 45.8 Å². The molecule has 98 valence electrons. The summed E-state index contributed by atoms with van der Waals surface area (Å²) in [5, 5.41) is 3.52. The first-order chi connectivity index (χ1) is 8.07. The summed E-state index contributed by atoms with van der Waals surface area (Å²) in [5.74, 6) is 0. The molecule has 1 aromatic rings. The van der Waals surface area contributed by atoms with Crippen molar-refractivity contribution in [3.05, 3.63) is 21.3 Å². The van der Waals surface area contributed by atoms with Crippen LogP contribution < -0.4 is 5.32 Å². The van der Waals surface area contributed by atoms with Crippen LogP contribution in [-0.2, 0) is 4.74 Å². The van der Waals surface area contributed by atoms with Crippen molar-refractivity contribution in [1.82, 2.24) is 5.32 Å². The van der Waals surface area contributed by atoms with Crippen LogP contribution in [0.2, 0.25) is 4.34 Å². The third-order valence-corrected chi connectivity index (χ3v) is 4.37. The van der Waals surface area contributed by atoms with Gasteiger partial charge in [-0.3, -0.25) is 0 Å². The molecule has 2 nitrogen and oxygen atoms in total. The van der Waals surface area contributed by atoms with E-state index in [2.05, 4.69) is 32.2 Å². The summed E-state index contributed by atoms with van der Waals surface area (Å²) in [7, 11) is 0. The predicted octanol–water partition coefficient (Wildman–Crippen LogP) is 4.26. The lowest BCUT2D eigenvalue weighted by Gasteiger charge is -2.36. The quantitative estimate of drug-likeness (QED) is 0.803. The lowest BCUT2D eigenvalue weighted by Crippen LogP contribution is -2.43. The summed E-state index contributed by atoms with van der Waals surface area (Å²) in [6, 6.07) is 4.25. The van der Waals surface area contributed by atoms with E-state index in [0.29, 0.717) is 0 Å². The second-order valence-corrected chi connectivity index (χ2v) is 5.98. The second kappa shape index (κ2) is 6.74. The van der Waals surface area contributed by atoms with E-state index in [0.717, 1.165) is 23.9 Å². The average Bonchev–Trinajstić information content (AvgIpc) is 2.72. The summed E-state index contributed by atoms with van der Waals surface area (Å²) in [4.78, 5) is 1.25. The molecule has 2 atom stereocenters. The molecule has 17 heavy (non-hydrogen) atoms. The summed E-state index contributed by atoms with van der Waals surface area (Å²) in [6.07, 6.45) is 0.966. The van der Waals surface area contributed by atoms with Crippen LogP contribution in [0, 0.1) is 0 Å². The third-order valence-electron chi connectivity index (χ3n) is 3.07. The van der Waals surface area contributed by atoms with Crippen LogP contribution in [0.3, 0.4) is 0 Å². The zero-order valence-electron chi connectivity index (χ0n) is 11.0. The highest BCUT2D eigenvalue weighted by molar-refractivity contribution is 7.16. The summed E-state index contributed by atoms with van der Waals surface area (Å²) in [5.41, 5.74) is -0.182. The number of nitrogens with one attached hydrogen (secondary N) is 1. The van der Waals surface area contributed by atoms with Crippen LogP contribution in [0.15, 0.2) is 12.1 Å². The lowest BCUT2D eigenvalue weighted by molar-refractivity contribution is -0.0551. The molecule has 0 amide bonds. The third kappa shape index (κ3) is 3.68. The minimum atomic E-state index is -0.182. The second-order valence-electron chi connectivity index (χ2n) is 4.23. The fourth-order valence-corrected chi connectivity index (χ4v) is 3.30. The highest BCUT2D eigenvalue weighted by atomic mass is 35.5. The van der Waals surface area contributed by atoms with Crippen molar-refractivity contribution in [1.29, 1.82) is 0 Å². The van der Waals surface area contributed by atoms with Gasteiger partial charge in [0.2, 0.25) is 0 Å². The molecular formula is C13H22ClNOS. The van der Waals surface area contributed by atoms with Gasteiger partial charge in [-0.05, 0) is 38.9 Å². The first-order valence-electron chi connectivity index (χ1n) is 6.20. The van der Waals surface area contributed by atoms with Gasteiger partial charge in [-0.25, -0.2) is 0 Å². The first kappa shape index (κ1) is 15.0. The molecule has 0 aliphatic heterocycles. The average molecular weight is 276 g/mol. The number of hydrogen-bond acceptors (Lipinski definition) is 3. The largest absolute Gasteiger partial charge is 0.374 e. The number of ether oxygens (including phenoxy) is 1. The Kier molecular flexibility index (Phi) is 5.93. The number of likely N-dealkylation sites (N-methyl/N-ethyl adjacent to an activating group) is 1. The fraction of sp³-hybridized carbons (Fsp3) is 0.692. The molecule has 0 aliphatic carbocycles. The monoisotopic (exact) mass is 275 g/mol. The van der Waals surface area contributed by atoms with Gasteiger partial charge in [0.25, 0.3) is 0 Å². The lowest BCUT2D eigenvalue weighted by atomic mass is 9.91. The molecule has 0 fully saturated rings. The Balaban J connectivity index is 2.98. The van der Waals surface area contributed by atoms with Crippen molar-refractivity contribution in [2.75, 3.05) is 13.2 Å². The van der Waals surface area contributed by atoms with E-state index in [1.165, 1.54) is 4.88 Å². The van der Waals surface area contributed by atoms with E-state index < -0.39 is 0 Å². The van der Waals surface area contributed by atoms with Gasteiger partial charge in [0.1, 0.15) is 0 Å². The molecule has 1 aromatic heterocycles. The van der Waals surface area contributed by atoms with Crippen LogP contribution in [0.1, 0.15) is 45.0 Å². The molecule has 1 rings (SSSR count). The van der Waals surface area contributed by atoms with Crippen LogP contribution >= 0.6 is 22.9 Å². The number of halogens is 1. The van der Waals surface area contributed by atoms with Gasteiger partial charge in [0.05, 0.1) is 16.0 Å². The molecule has 0 aliphatic rings. The van der Waals surface area contributed by atoms with Crippen molar-refractivity contribution in [2.24, 2.45) is 0 Å². The first-order valence-corrected chi connectivity index (χ1v) is 7.39. The zero-order valence-corrected chi connectivity index (χ0v) is 12.6. The van der Waals surface area contributed by atoms with Gasteiger partial charge in [0.15, 0.2) is 0 Å². The van der Waals surface area contributed by atoms with Crippen LogP contribution in [0.4, 0.5) is 0 Å². The van der Waals surface area contributed by atoms with Gasteiger partial charge < -0.3 is 10.1 Å². The standard InChI is InChI=1S/C13H22ClNOS/c1-5-13(4,16-7-3)12(15-6-2)10-8-9-11(14)17-10/h8-9,12,15H,5-7H2,1-4H3. The number of hydrogen-bond donors (Lipinski definition) is 1. The van der Waals surface area contributed by atoms with Gasteiger partial charge in [-0.2, -0.15) is 0 Å². The summed E-state index contributed by atoms with van der Waals surface area (Å²) < 4.78 is 6.79. The molecule has 0 aromatic carbocycles. The Hall–Kier alpha value is -0.0900. The zero-order chi connectivity index (χ0) is 12.9. The molecular weight excluding hydrogens is 254 g/mol. The van der Waals surface area contributed by atoms with Gasteiger partial charge in [-0.15, -0.1) is 11.3 Å². The number of rotatable bonds is 7. The highest BCUT2D eigenvalue weighted by Gasteiger charge is 2.34. The molecule has 0 saturated carbocycles. The maximum Gasteiger partial charge on any atom is 0.0931 e. The van der Waals surface area contributed by atoms with Gasteiger partial charge in [0, 0.05) is 11.5 Å². The van der Waals surface area contributed by atoms with Crippen LogP contribution in [0.5, 0.6) is 0 Å². The number of thiophene rings is 1. The van der Waals surface area contributed by atoms with Crippen molar-refractivity contribution in [3.63, 3.8) is 0 Å². The summed E-state index contributed by atoms with van der Waals surface area (Å²) >= 11 is 7.65. The molecule has 0 spiro atoms. The molecule has 0 radical (unpaired) electrons. The SMILES string of the molecule is CCNC(c1ccc(Cl)s1)C(C)(CC)OCC. The Morgan fingerprint density at radius 3 is 2.53 bits per heavy atom. The topological polar surface area (TPSA) is 21.3 Å². The van der Waals surface area contributed by atoms with E-state index in [4.69, 9.17) is 16.3 Å². The van der Waals surface area contributed by atoms with E-state index in [-0.39, 0.29) is 11.6 Å². The normalized spacial score (nSPS) is 16.8. The van der Waals surface area contributed by atoms with Crippen molar-refractivity contribution >= 4 is 22.9 Å². The van der Waals surface area contributed by atoms with Crippen LogP contribution in [-0.4, -0.2) is 18.8 Å². The van der Waals surface area contributed by atoms with E-state index in [1.54, 1.807) is 11.3 Å². The van der Waals surface area contributed by atoms with Gasteiger partial charge >= 0.3 is 0 Å². The Morgan fingerprint density at radius 2 is 2.12 bits per heavy atom. The molecule has 1 heterocycles. The van der Waals surface area contributed by atoms with Crippen molar-refractivity contribution < 1.29 is 4.74 Å². The van der Waals surface area contributed by atoms with Crippen molar-refractivity contribution in [3.8, 4) is 0 Å². The molecule has 1 N–H and O–H groups in total. The predicted molar refractivity (Wildman–Crippen MR) is 76.1 cm³/mol. The highest BCUT2D eigenvalue weighted by Crippen LogP contribution is 2.37. The Morgan fingerprint density at radius 1 is 1.41 bits per heavy atom. The maximum atomic E-state index is 6.02. The fourth-order valence-electron chi connectivity index (χ4n) is 2.02. The minimum Gasteiger partial charge on any atom is -0.374 e. The van der Waals surface area contributed by atoms with Crippen LogP contribution in [0.25, 0.3) is 0 Å². The van der Waals surface area contributed by atoms with E-state index in [9.17, 15) is 0 Å². The smallest absolute Gasteiger partial charge is 0.0931 e. The molecule has 2 unspecified atom stereocenters. The molecule has 0 saturated heterocycles. The molecule has 4 heteroatoms. The molecule has 0 bridgehead atoms. The van der Waals surface area contributed by atoms with Gasteiger partial charge in [-0.1, -0.05) is 25.4 Å². The summed E-state index contributed by atoms with van der Waals surface area (Å²) in [6.45, 7) is 10.1. The van der Waals surface area contributed by atoms with E-state index in [1.807, 2.05) is 13.0 Å². The Bertz CT molecular complexity index is 342. The maximum absolute atomic E-state index is 6.02. The van der Waals surface area contributed by atoms with E-state index >= 15 is 0 Å².